The highest BCUT2D eigenvalue weighted by atomic mass is 79.9. The van der Waals surface area contributed by atoms with Crippen molar-refractivity contribution < 1.29 is 13.9 Å². The largest absolute Gasteiger partial charge is 0.460 e. The van der Waals surface area contributed by atoms with Crippen LogP contribution in [0.3, 0.4) is 0 Å². The number of carbonyl (C=O) groups is 1. The van der Waals surface area contributed by atoms with E-state index in [1.165, 1.54) is 0 Å². The van der Waals surface area contributed by atoms with Crippen LogP contribution in [0.25, 0.3) is 11.0 Å². The summed E-state index contributed by atoms with van der Waals surface area (Å²) in [5, 5.41) is 0.992. The molecule has 0 radical (unpaired) electrons. The van der Waals surface area contributed by atoms with Gasteiger partial charge in [-0.1, -0.05) is 29.3 Å². The first-order chi connectivity index (χ1) is 9.17. The van der Waals surface area contributed by atoms with Gasteiger partial charge >= 0.3 is 5.97 Å². The number of hydrogen-bond acceptors (Lipinski definition) is 3. The van der Waals surface area contributed by atoms with Crippen molar-refractivity contribution >= 4 is 32.9 Å². The van der Waals surface area contributed by atoms with Gasteiger partial charge in [-0.25, -0.2) is 4.79 Å². The van der Waals surface area contributed by atoms with Crippen LogP contribution in [-0.2, 0) is 11.2 Å². The normalized spacial score (nSPS) is 10.9. The summed E-state index contributed by atoms with van der Waals surface area (Å²) in [4.78, 5) is 12.0. The number of benzene rings is 1. The number of esters is 1. The number of aryl methyl sites for hydroxylation is 1. The van der Waals surface area contributed by atoms with Crippen LogP contribution in [0.5, 0.6) is 0 Å². The number of fused-ring (bicyclic) bond motifs is 1. The average molecular weight is 325 g/mol. The number of rotatable bonds is 5. The lowest BCUT2D eigenvalue weighted by atomic mass is 10.0. The molecule has 0 fully saturated rings. The Morgan fingerprint density at radius 1 is 1.37 bits per heavy atom. The third-order valence-electron chi connectivity index (χ3n) is 2.99. The highest BCUT2D eigenvalue weighted by molar-refractivity contribution is 9.10. The monoisotopic (exact) mass is 324 g/mol. The fraction of sp³-hybridized carbons (Fsp3) is 0.400. The summed E-state index contributed by atoms with van der Waals surface area (Å²) in [6, 6.07) is 5.77. The molecule has 0 N–H and O–H groups in total. The summed E-state index contributed by atoms with van der Waals surface area (Å²) in [6.45, 7) is 4.28. The van der Waals surface area contributed by atoms with Crippen molar-refractivity contribution in [1.29, 1.82) is 0 Å². The van der Waals surface area contributed by atoms with E-state index >= 15 is 0 Å². The van der Waals surface area contributed by atoms with E-state index < -0.39 is 0 Å². The third kappa shape index (κ3) is 3.00. The second-order valence-electron chi connectivity index (χ2n) is 4.37. The van der Waals surface area contributed by atoms with Crippen molar-refractivity contribution in [2.75, 3.05) is 6.61 Å². The molecule has 0 bridgehead atoms. The molecule has 2 aromatic rings. The molecule has 1 heterocycles. The van der Waals surface area contributed by atoms with Crippen molar-refractivity contribution in [3.05, 3.63) is 34.0 Å². The summed E-state index contributed by atoms with van der Waals surface area (Å²) in [5.74, 6) is -0.0238. The molecule has 1 aromatic heterocycles. The van der Waals surface area contributed by atoms with Crippen LogP contribution in [0.4, 0.5) is 0 Å². The quantitative estimate of drug-likeness (QED) is 0.747. The number of hydrogen-bond donors (Lipinski definition) is 0. The average Bonchev–Trinajstić information content (AvgIpc) is 2.74. The van der Waals surface area contributed by atoms with E-state index in [0.717, 1.165) is 40.3 Å². The maximum Gasteiger partial charge on any atom is 0.374 e. The fourth-order valence-electron chi connectivity index (χ4n) is 2.08. The molecule has 102 valence electrons. The van der Waals surface area contributed by atoms with Crippen molar-refractivity contribution in [2.45, 2.75) is 33.1 Å². The molecule has 0 spiro atoms. The van der Waals surface area contributed by atoms with Crippen molar-refractivity contribution in [2.24, 2.45) is 0 Å². The second kappa shape index (κ2) is 6.24. The number of carbonyl (C=O) groups excluding carboxylic acids is 1. The van der Waals surface area contributed by atoms with Crippen LogP contribution in [0, 0.1) is 0 Å². The Hall–Kier alpha value is -1.29. The molecule has 0 unspecified atom stereocenters. The molecular formula is C15H17BrO3. The van der Waals surface area contributed by atoms with Gasteiger partial charge in [-0.05, 0) is 38.0 Å². The Morgan fingerprint density at radius 2 is 2.16 bits per heavy atom. The number of halogens is 1. The van der Waals surface area contributed by atoms with Crippen LogP contribution in [0.2, 0.25) is 0 Å². The molecule has 0 aliphatic rings. The highest BCUT2D eigenvalue weighted by Gasteiger charge is 2.21. The Morgan fingerprint density at radius 3 is 2.84 bits per heavy atom. The molecule has 0 saturated heterocycles. The van der Waals surface area contributed by atoms with Gasteiger partial charge in [0.15, 0.2) is 0 Å². The summed E-state index contributed by atoms with van der Waals surface area (Å²) in [5.41, 5.74) is 1.69. The number of unbranched alkanes of at least 4 members (excludes halogenated alkanes) is 1. The van der Waals surface area contributed by atoms with Crippen LogP contribution < -0.4 is 0 Å². The maximum atomic E-state index is 12.0. The van der Waals surface area contributed by atoms with Gasteiger partial charge in [-0.15, -0.1) is 0 Å². The van der Waals surface area contributed by atoms with Gasteiger partial charge in [-0.2, -0.15) is 0 Å². The number of furan rings is 1. The van der Waals surface area contributed by atoms with Crippen molar-refractivity contribution in [3.63, 3.8) is 0 Å². The van der Waals surface area contributed by atoms with Gasteiger partial charge in [0.25, 0.3) is 0 Å². The van der Waals surface area contributed by atoms with E-state index in [1.54, 1.807) is 6.92 Å². The minimum absolute atomic E-state index is 0.350. The van der Waals surface area contributed by atoms with Crippen molar-refractivity contribution in [3.8, 4) is 0 Å². The van der Waals surface area contributed by atoms with E-state index in [0.29, 0.717) is 12.4 Å². The molecular weight excluding hydrogens is 308 g/mol. The van der Waals surface area contributed by atoms with Gasteiger partial charge in [0.05, 0.1) is 6.61 Å². The standard InChI is InChI=1S/C15H17BrO3/c1-3-5-6-11-12-9-10(16)7-8-13(12)19-14(11)15(17)18-4-2/h7-9H,3-6H2,1-2H3. The summed E-state index contributed by atoms with van der Waals surface area (Å²) >= 11 is 3.45. The van der Waals surface area contributed by atoms with E-state index in [9.17, 15) is 4.79 Å². The maximum absolute atomic E-state index is 12.0. The molecule has 0 atom stereocenters. The summed E-state index contributed by atoms with van der Waals surface area (Å²) < 4.78 is 11.7. The molecule has 2 rings (SSSR count). The Bertz CT molecular complexity index is 586. The lowest BCUT2D eigenvalue weighted by Crippen LogP contribution is -2.06. The molecule has 0 aliphatic carbocycles. The zero-order chi connectivity index (χ0) is 13.8. The Labute approximate surface area is 121 Å². The van der Waals surface area contributed by atoms with Crippen molar-refractivity contribution in [1.82, 2.24) is 0 Å². The molecule has 1 aromatic carbocycles. The molecule has 0 saturated carbocycles. The minimum atomic E-state index is -0.374. The number of ether oxygens (including phenoxy) is 1. The predicted molar refractivity (Wildman–Crippen MR) is 78.5 cm³/mol. The van der Waals surface area contributed by atoms with Crippen LogP contribution in [0.1, 0.15) is 42.8 Å². The van der Waals surface area contributed by atoms with E-state index in [2.05, 4.69) is 22.9 Å². The molecule has 4 heteroatoms. The summed E-state index contributed by atoms with van der Waals surface area (Å²) in [6.07, 6.45) is 2.92. The first kappa shape index (κ1) is 14.1. The van der Waals surface area contributed by atoms with Gasteiger partial charge in [0.1, 0.15) is 5.58 Å². The molecule has 3 nitrogen and oxygen atoms in total. The lowest BCUT2D eigenvalue weighted by molar-refractivity contribution is 0.0491. The predicted octanol–water partition coefficient (Wildman–Crippen LogP) is 4.71. The zero-order valence-electron chi connectivity index (χ0n) is 11.2. The van der Waals surface area contributed by atoms with E-state index in [4.69, 9.17) is 9.15 Å². The van der Waals surface area contributed by atoms with Crippen LogP contribution in [-0.4, -0.2) is 12.6 Å². The first-order valence-corrected chi connectivity index (χ1v) is 7.34. The van der Waals surface area contributed by atoms with Crippen LogP contribution in [0.15, 0.2) is 27.1 Å². The summed E-state index contributed by atoms with van der Waals surface area (Å²) in [7, 11) is 0. The second-order valence-corrected chi connectivity index (χ2v) is 5.29. The topological polar surface area (TPSA) is 39.4 Å². The Kier molecular flexibility index (Phi) is 4.64. The molecule has 0 amide bonds. The van der Waals surface area contributed by atoms with Gasteiger partial charge in [0.2, 0.25) is 5.76 Å². The first-order valence-electron chi connectivity index (χ1n) is 6.55. The Balaban J connectivity index is 2.51. The molecule has 0 aliphatic heterocycles. The van der Waals surface area contributed by atoms with E-state index in [1.807, 2.05) is 18.2 Å². The van der Waals surface area contributed by atoms with Gasteiger partial charge in [-0.3, -0.25) is 0 Å². The SMILES string of the molecule is CCCCc1c(C(=O)OCC)oc2ccc(Br)cc12. The minimum Gasteiger partial charge on any atom is -0.460 e. The third-order valence-corrected chi connectivity index (χ3v) is 3.49. The highest BCUT2D eigenvalue weighted by Crippen LogP contribution is 2.30. The lowest BCUT2D eigenvalue weighted by Gasteiger charge is -2.02. The van der Waals surface area contributed by atoms with Crippen LogP contribution >= 0.6 is 15.9 Å². The van der Waals surface area contributed by atoms with Gasteiger partial charge < -0.3 is 9.15 Å². The van der Waals surface area contributed by atoms with E-state index in [-0.39, 0.29) is 5.97 Å². The fourth-order valence-corrected chi connectivity index (χ4v) is 2.45. The molecule has 19 heavy (non-hydrogen) atoms. The smallest absolute Gasteiger partial charge is 0.374 e. The van der Waals surface area contributed by atoms with Gasteiger partial charge in [0, 0.05) is 15.4 Å². The zero-order valence-corrected chi connectivity index (χ0v) is 12.7.